The molecule has 2 rings (SSSR count). The molecule has 8 heteroatoms. The Balaban J connectivity index is 2.29. The number of aromatic nitrogens is 2. The van der Waals surface area contributed by atoms with E-state index in [1.165, 1.54) is 27.0 Å². The number of carbonyl (C=O) groups excluding carboxylic acids is 1. The number of likely N-dealkylation sites (N-methyl/N-ethyl adjacent to an activating group) is 1. The molecule has 0 saturated heterocycles. The molecule has 0 bridgehead atoms. The van der Waals surface area contributed by atoms with Crippen LogP contribution in [0.15, 0.2) is 32.6 Å². The highest BCUT2D eigenvalue weighted by Gasteiger charge is 2.16. The number of thiophene rings is 1. The fourth-order valence-electron chi connectivity index (χ4n) is 2.10. The van der Waals surface area contributed by atoms with E-state index in [0.29, 0.717) is 13.1 Å². The number of carbonyl (C=O) groups is 1. The summed E-state index contributed by atoms with van der Waals surface area (Å²) in [7, 11) is 1.61. The molecule has 0 aliphatic rings. The van der Waals surface area contributed by atoms with Crippen LogP contribution in [-0.4, -0.2) is 27.0 Å². The van der Waals surface area contributed by atoms with Gasteiger partial charge in [-0.25, -0.2) is 9.36 Å². The van der Waals surface area contributed by atoms with Crippen LogP contribution in [0.1, 0.15) is 18.1 Å². The zero-order chi connectivity index (χ0) is 17.0. The van der Waals surface area contributed by atoms with Gasteiger partial charge >= 0.3 is 5.69 Å². The first-order valence-electron chi connectivity index (χ1n) is 6.97. The molecule has 120 valence electrons. The van der Waals surface area contributed by atoms with Crippen molar-refractivity contribution in [1.29, 1.82) is 5.26 Å². The molecule has 0 aliphatic carbocycles. The van der Waals surface area contributed by atoms with Crippen LogP contribution < -0.4 is 11.2 Å². The average Bonchev–Trinajstić information content (AvgIpc) is 3.04. The number of hydrogen-bond acceptors (Lipinski definition) is 5. The third-order valence-electron chi connectivity index (χ3n) is 3.42. The SMILES string of the molecule is CCn1cc(C#N)c(=O)n(CC(=O)N(C)Cc2ccsc2)c1=O. The van der Waals surface area contributed by atoms with Gasteiger partial charge in [0, 0.05) is 26.3 Å². The van der Waals surface area contributed by atoms with E-state index in [-0.39, 0.29) is 18.0 Å². The Bertz CT molecular complexity index is 858. The number of hydrogen-bond donors (Lipinski definition) is 0. The van der Waals surface area contributed by atoms with Crippen molar-refractivity contribution in [3.05, 3.63) is 55.0 Å². The summed E-state index contributed by atoms with van der Waals surface area (Å²) in [5.41, 5.74) is -0.497. The Morgan fingerprint density at radius 2 is 2.17 bits per heavy atom. The molecular weight excluding hydrogens is 316 g/mol. The van der Waals surface area contributed by atoms with E-state index in [4.69, 9.17) is 5.26 Å². The highest BCUT2D eigenvalue weighted by atomic mass is 32.1. The van der Waals surface area contributed by atoms with E-state index in [2.05, 4.69) is 0 Å². The van der Waals surface area contributed by atoms with E-state index in [0.717, 1.165) is 10.1 Å². The van der Waals surface area contributed by atoms with Gasteiger partial charge in [0.15, 0.2) is 0 Å². The van der Waals surface area contributed by atoms with Crippen molar-refractivity contribution in [1.82, 2.24) is 14.0 Å². The molecule has 23 heavy (non-hydrogen) atoms. The molecule has 2 aromatic heterocycles. The summed E-state index contributed by atoms with van der Waals surface area (Å²) in [6, 6.07) is 3.66. The fourth-order valence-corrected chi connectivity index (χ4v) is 2.76. The molecule has 0 atom stereocenters. The minimum absolute atomic E-state index is 0.153. The summed E-state index contributed by atoms with van der Waals surface area (Å²) in [6.07, 6.45) is 1.22. The number of rotatable bonds is 5. The number of aryl methyl sites for hydroxylation is 1. The van der Waals surface area contributed by atoms with Gasteiger partial charge in [-0.3, -0.25) is 14.2 Å². The normalized spacial score (nSPS) is 10.3. The highest BCUT2D eigenvalue weighted by Crippen LogP contribution is 2.08. The van der Waals surface area contributed by atoms with Gasteiger partial charge in [-0.05, 0) is 29.3 Å². The minimum Gasteiger partial charge on any atom is -0.340 e. The van der Waals surface area contributed by atoms with E-state index >= 15 is 0 Å². The summed E-state index contributed by atoms with van der Waals surface area (Å²) in [5, 5.41) is 12.8. The maximum absolute atomic E-state index is 12.3. The maximum Gasteiger partial charge on any atom is 0.331 e. The summed E-state index contributed by atoms with van der Waals surface area (Å²) in [6.45, 7) is 2.05. The van der Waals surface area contributed by atoms with Crippen molar-refractivity contribution in [3.8, 4) is 6.07 Å². The first kappa shape index (κ1) is 16.7. The molecule has 0 N–H and O–H groups in total. The molecule has 0 aromatic carbocycles. The lowest BCUT2D eigenvalue weighted by Crippen LogP contribution is -2.44. The first-order chi connectivity index (χ1) is 11.0. The number of nitriles is 1. The van der Waals surface area contributed by atoms with E-state index < -0.39 is 11.2 Å². The average molecular weight is 332 g/mol. The van der Waals surface area contributed by atoms with Crippen LogP contribution in [0.2, 0.25) is 0 Å². The minimum atomic E-state index is -0.737. The lowest BCUT2D eigenvalue weighted by atomic mass is 10.3. The lowest BCUT2D eigenvalue weighted by molar-refractivity contribution is -0.131. The van der Waals surface area contributed by atoms with Crippen molar-refractivity contribution in [2.24, 2.45) is 0 Å². The zero-order valence-corrected chi connectivity index (χ0v) is 13.7. The molecule has 0 aliphatic heterocycles. The quantitative estimate of drug-likeness (QED) is 0.803. The van der Waals surface area contributed by atoms with Crippen LogP contribution in [0.4, 0.5) is 0 Å². The fraction of sp³-hybridized carbons (Fsp3) is 0.333. The summed E-state index contributed by atoms with van der Waals surface area (Å²) in [5.74, 6) is -0.367. The molecule has 0 spiro atoms. The highest BCUT2D eigenvalue weighted by molar-refractivity contribution is 7.07. The third kappa shape index (κ3) is 3.57. The monoisotopic (exact) mass is 332 g/mol. The first-order valence-corrected chi connectivity index (χ1v) is 7.91. The van der Waals surface area contributed by atoms with Crippen LogP contribution in [0.25, 0.3) is 0 Å². The molecule has 7 nitrogen and oxygen atoms in total. The molecule has 0 saturated carbocycles. The summed E-state index contributed by atoms with van der Waals surface area (Å²) < 4.78 is 2.06. The van der Waals surface area contributed by atoms with Crippen LogP contribution in [0.3, 0.4) is 0 Å². The topological polar surface area (TPSA) is 88.1 Å². The third-order valence-corrected chi connectivity index (χ3v) is 4.15. The second-order valence-electron chi connectivity index (χ2n) is 5.00. The summed E-state index contributed by atoms with van der Waals surface area (Å²) in [4.78, 5) is 38.1. The molecule has 1 amide bonds. The van der Waals surface area contributed by atoms with Gasteiger partial charge in [0.25, 0.3) is 5.56 Å². The van der Waals surface area contributed by atoms with Crippen LogP contribution in [0, 0.1) is 11.3 Å². The second-order valence-corrected chi connectivity index (χ2v) is 5.78. The van der Waals surface area contributed by atoms with Gasteiger partial charge in [-0.1, -0.05) is 0 Å². The van der Waals surface area contributed by atoms with Gasteiger partial charge < -0.3 is 4.90 Å². The lowest BCUT2D eigenvalue weighted by Gasteiger charge is -2.17. The summed E-state index contributed by atoms with van der Waals surface area (Å²) >= 11 is 1.53. The van der Waals surface area contributed by atoms with Crippen LogP contribution >= 0.6 is 11.3 Å². The molecule has 2 heterocycles. The standard InChI is InChI=1S/C15H16N4O3S/c1-3-18-8-12(6-16)14(21)19(15(18)22)9-13(20)17(2)7-11-4-5-23-10-11/h4-5,8,10H,3,7,9H2,1-2H3. The van der Waals surface area contributed by atoms with Gasteiger partial charge in [0.1, 0.15) is 18.2 Å². The maximum atomic E-state index is 12.3. The van der Waals surface area contributed by atoms with E-state index in [1.807, 2.05) is 16.8 Å². The van der Waals surface area contributed by atoms with Gasteiger partial charge in [0.05, 0.1) is 0 Å². The van der Waals surface area contributed by atoms with Gasteiger partial charge in [-0.15, -0.1) is 0 Å². The molecule has 2 aromatic rings. The predicted molar refractivity (Wildman–Crippen MR) is 86.1 cm³/mol. The Hall–Kier alpha value is -2.66. The Labute approximate surface area is 136 Å². The Morgan fingerprint density at radius 3 is 2.74 bits per heavy atom. The van der Waals surface area contributed by atoms with E-state index in [9.17, 15) is 14.4 Å². The molecule has 0 radical (unpaired) electrons. The molecule has 0 fully saturated rings. The van der Waals surface area contributed by atoms with Crippen LogP contribution in [0.5, 0.6) is 0 Å². The van der Waals surface area contributed by atoms with Gasteiger partial charge in [0.2, 0.25) is 5.91 Å². The van der Waals surface area contributed by atoms with Crippen molar-refractivity contribution in [2.45, 2.75) is 26.6 Å². The van der Waals surface area contributed by atoms with Crippen molar-refractivity contribution < 1.29 is 4.79 Å². The van der Waals surface area contributed by atoms with Gasteiger partial charge in [-0.2, -0.15) is 16.6 Å². The van der Waals surface area contributed by atoms with Crippen LogP contribution in [-0.2, 0) is 24.4 Å². The van der Waals surface area contributed by atoms with E-state index in [1.54, 1.807) is 20.0 Å². The molecule has 0 unspecified atom stereocenters. The number of nitrogens with zero attached hydrogens (tertiary/aromatic N) is 4. The second kappa shape index (κ2) is 7.07. The van der Waals surface area contributed by atoms with Crippen molar-refractivity contribution >= 4 is 17.2 Å². The smallest absolute Gasteiger partial charge is 0.331 e. The molecular formula is C15H16N4O3S. The van der Waals surface area contributed by atoms with Crippen molar-refractivity contribution in [3.63, 3.8) is 0 Å². The largest absolute Gasteiger partial charge is 0.340 e. The van der Waals surface area contributed by atoms with Crippen molar-refractivity contribution in [2.75, 3.05) is 7.05 Å². The predicted octanol–water partition coefficient (Wildman–Crippen LogP) is 0.622. The zero-order valence-electron chi connectivity index (χ0n) is 12.9. The Kier molecular flexibility index (Phi) is 5.13. The Morgan fingerprint density at radius 1 is 1.43 bits per heavy atom. The number of amides is 1.